The van der Waals surface area contributed by atoms with Gasteiger partial charge in [-0.2, -0.15) is 0 Å². The average molecular weight is 372 g/mol. The Balaban J connectivity index is 1.57. The van der Waals surface area contributed by atoms with E-state index in [1.807, 2.05) is 31.2 Å². The number of Topliss-reactive ketones (excluding diaryl/α,β-unsaturated/α-hetero) is 1. The summed E-state index contributed by atoms with van der Waals surface area (Å²) in [6, 6.07) is 14.5. The molecule has 1 aliphatic heterocycles. The number of nitrogens with zero attached hydrogens (tertiary/aromatic N) is 1. The van der Waals surface area contributed by atoms with Crippen molar-refractivity contribution in [2.24, 2.45) is 5.92 Å². The lowest BCUT2D eigenvalue weighted by Gasteiger charge is -2.32. The van der Waals surface area contributed by atoms with E-state index in [1.54, 1.807) is 29.2 Å². The number of aryl methyl sites for hydroxylation is 1. The molecule has 0 N–H and O–H groups in total. The maximum absolute atomic E-state index is 12.7. The fourth-order valence-corrected chi connectivity index (χ4v) is 3.26. The van der Waals surface area contributed by atoms with Gasteiger partial charge in [0.1, 0.15) is 5.75 Å². The SMILES string of the molecule is Cc1ccc(OCC(=O)N2CCCC(C(=O)c3ccc(Cl)cc3)C2)cc1. The van der Waals surface area contributed by atoms with Gasteiger partial charge in [0.2, 0.25) is 0 Å². The first-order valence-electron chi connectivity index (χ1n) is 8.80. The molecule has 1 aliphatic rings. The molecule has 136 valence electrons. The first-order chi connectivity index (χ1) is 12.5. The number of ketones is 1. The number of amides is 1. The van der Waals surface area contributed by atoms with Crippen LogP contribution in [0.15, 0.2) is 48.5 Å². The van der Waals surface area contributed by atoms with Gasteiger partial charge in [0.25, 0.3) is 5.91 Å². The van der Waals surface area contributed by atoms with E-state index in [0.717, 1.165) is 18.4 Å². The Kier molecular flexibility index (Phi) is 5.94. The summed E-state index contributed by atoms with van der Waals surface area (Å²) >= 11 is 5.88. The standard InChI is InChI=1S/C21H22ClNO3/c1-15-4-10-19(11-5-15)26-14-20(24)23-12-2-3-17(13-23)21(25)16-6-8-18(22)9-7-16/h4-11,17H,2-3,12-14H2,1H3. The third-order valence-electron chi connectivity index (χ3n) is 4.66. The van der Waals surface area contributed by atoms with Crippen LogP contribution in [0.25, 0.3) is 0 Å². The highest BCUT2D eigenvalue weighted by molar-refractivity contribution is 6.30. The number of ether oxygens (including phenoxy) is 1. The van der Waals surface area contributed by atoms with Crippen LogP contribution in [0.4, 0.5) is 0 Å². The second kappa shape index (κ2) is 8.37. The van der Waals surface area contributed by atoms with Crippen molar-refractivity contribution in [2.75, 3.05) is 19.7 Å². The molecule has 0 bridgehead atoms. The van der Waals surface area contributed by atoms with Gasteiger partial charge in [0.15, 0.2) is 12.4 Å². The van der Waals surface area contributed by atoms with Crippen LogP contribution in [-0.4, -0.2) is 36.3 Å². The molecule has 4 nitrogen and oxygen atoms in total. The molecule has 0 aliphatic carbocycles. The highest BCUT2D eigenvalue weighted by atomic mass is 35.5. The Morgan fingerprint density at radius 2 is 1.81 bits per heavy atom. The normalized spacial score (nSPS) is 17.0. The second-order valence-corrected chi connectivity index (χ2v) is 7.09. The van der Waals surface area contributed by atoms with Gasteiger partial charge < -0.3 is 9.64 Å². The van der Waals surface area contributed by atoms with Crippen molar-refractivity contribution in [3.63, 3.8) is 0 Å². The van der Waals surface area contributed by atoms with Crippen LogP contribution in [0.1, 0.15) is 28.8 Å². The molecule has 0 spiro atoms. The molecule has 1 fully saturated rings. The van der Waals surface area contributed by atoms with E-state index in [2.05, 4.69) is 0 Å². The summed E-state index contributed by atoms with van der Waals surface area (Å²) in [5.41, 5.74) is 1.79. The maximum Gasteiger partial charge on any atom is 0.260 e. The minimum Gasteiger partial charge on any atom is -0.484 e. The van der Waals surface area contributed by atoms with Crippen molar-refractivity contribution in [1.82, 2.24) is 4.90 Å². The molecule has 0 saturated carbocycles. The second-order valence-electron chi connectivity index (χ2n) is 6.65. The molecule has 1 atom stereocenters. The lowest BCUT2D eigenvalue weighted by Crippen LogP contribution is -2.44. The highest BCUT2D eigenvalue weighted by Gasteiger charge is 2.29. The fourth-order valence-electron chi connectivity index (χ4n) is 3.14. The molecule has 1 amide bonds. The average Bonchev–Trinajstić information content (AvgIpc) is 2.67. The number of carbonyl (C=O) groups excluding carboxylic acids is 2. The quantitative estimate of drug-likeness (QED) is 0.742. The third-order valence-corrected chi connectivity index (χ3v) is 4.91. The van der Waals surface area contributed by atoms with E-state index < -0.39 is 0 Å². The molecule has 5 heteroatoms. The summed E-state index contributed by atoms with van der Waals surface area (Å²) in [7, 11) is 0. The van der Waals surface area contributed by atoms with Crippen LogP contribution in [0.3, 0.4) is 0 Å². The summed E-state index contributed by atoms with van der Waals surface area (Å²) < 4.78 is 5.58. The number of hydrogen-bond donors (Lipinski definition) is 0. The van der Waals surface area contributed by atoms with Gasteiger partial charge in [-0.1, -0.05) is 29.3 Å². The van der Waals surface area contributed by atoms with E-state index in [1.165, 1.54) is 0 Å². The van der Waals surface area contributed by atoms with E-state index >= 15 is 0 Å². The number of carbonyl (C=O) groups is 2. The van der Waals surface area contributed by atoms with Crippen LogP contribution in [0, 0.1) is 12.8 Å². The van der Waals surface area contributed by atoms with Crippen molar-refractivity contribution in [3.05, 3.63) is 64.7 Å². The van der Waals surface area contributed by atoms with Crippen molar-refractivity contribution in [2.45, 2.75) is 19.8 Å². The van der Waals surface area contributed by atoms with E-state index in [-0.39, 0.29) is 24.2 Å². The molecule has 1 saturated heterocycles. The number of likely N-dealkylation sites (tertiary alicyclic amines) is 1. The number of piperidine rings is 1. The van der Waals surface area contributed by atoms with Gasteiger partial charge in [0.05, 0.1) is 0 Å². The fraction of sp³-hybridized carbons (Fsp3) is 0.333. The Labute approximate surface area is 158 Å². The molecule has 26 heavy (non-hydrogen) atoms. The van der Waals surface area contributed by atoms with Gasteiger partial charge in [-0.15, -0.1) is 0 Å². The first-order valence-corrected chi connectivity index (χ1v) is 9.18. The minimum atomic E-state index is -0.173. The van der Waals surface area contributed by atoms with Crippen molar-refractivity contribution in [1.29, 1.82) is 0 Å². The molecule has 1 unspecified atom stereocenters. The zero-order valence-corrected chi connectivity index (χ0v) is 15.5. The van der Waals surface area contributed by atoms with E-state index in [0.29, 0.717) is 29.4 Å². The Bertz CT molecular complexity index is 771. The molecular weight excluding hydrogens is 350 g/mol. The number of hydrogen-bond acceptors (Lipinski definition) is 3. The molecule has 2 aromatic rings. The summed E-state index contributed by atoms with van der Waals surface area (Å²) in [5, 5.41) is 0.607. The summed E-state index contributed by atoms with van der Waals surface area (Å²) in [6.07, 6.45) is 1.62. The molecule has 0 radical (unpaired) electrons. The summed E-state index contributed by atoms with van der Waals surface area (Å²) in [5.74, 6) is 0.487. The number of benzene rings is 2. The zero-order valence-electron chi connectivity index (χ0n) is 14.8. The van der Waals surface area contributed by atoms with Gasteiger partial charge in [-0.3, -0.25) is 9.59 Å². The third kappa shape index (κ3) is 4.64. The maximum atomic E-state index is 12.7. The van der Waals surface area contributed by atoms with Gasteiger partial charge in [-0.25, -0.2) is 0 Å². The van der Waals surface area contributed by atoms with Crippen molar-refractivity contribution >= 4 is 23.3 Å². The smallest absolute Gasteiger partial charge is 0.260 e. The predicted molar refractivity (Wildman–Crippen MR) is 102 cm³/mol. The predicted octanol–water partition coefficient (Wildman–Crippen LogP) is 4.15. The van der Waals surface area contributed by atoms with Gasteiger partial charge in [-0.05, 0) is 56.2 Å². The van der Waals surface area contributed by atoms with Crippen molar-refractivity contribution < 1.29 is 14.3 Å². The Morgan fingerprint density at radius 1 is 1.12 bits per heavy atom. The van der Waals surface area contributed by atoms with Crippen LogP contribution >= 0.6 is 11.6 Å². The van der Waals surface area contributed by atoms with Gasteiger partial charge in [0, 0.05) is 29.6 Å². The molecule has 0 aromatic heterocycles. The Hall–Kier alpha value is -2.33. The van der Waals surface area contributed by atoms with E-state index in [9.17, 15) is 9.59 Å². The lowest BCUT2D eigenvalue weighted by molar-refractivity contribution is -0.134. The van der Waals surface area contributed by atoms with Gasteiger partial charge >= 0.3 is 0 Å². The highest BCUT2D eigenvalue weighted by Crippen LogP contribution is 2.22. The minimum absolute atomic E-state index is 0.00901. The Morgan fingerprint density at radius 3 is 2.50 bits per heavy atom. The largest absolute Gasteiger partial charge is 0.484 e. The van der Waals surface area contributed by atoms with Crippen LogP contribution in [0.5, 0.6) is 5.75 Å². The number of rotatable bonds is 5. The molecule has 1 heterocycles. The van der Waals surface area contributed by atoms with Crippen LogP contribution in [-0.2, 0) is 4.79 Å². The molecule has 2 aromatic carbocycles. The van der Waals surface area contributed by atoms with Crippen LogP contribution in [0.2, 0.25) is 5.02 Å². The first kappa shape index (κ1) is 18.5. The number of halogens is 1. The van der Waals surface area contributed by atoms with E-state index in [4.69, 9.17) is 16.3 Å². The zero-order chi connectivity index (χ0) is 18.5. The van der Waals surface area contributed by atoms with Crippen molar-refractivity contribution in [3.8, 4) is 5.75 Å². The lowest BCUT2D eigenvalue weighted by atomic mass is 9.90. The van der Waals surface area contributed by atoms with Crippen LogP contribution < -0.4 is 4.74 Å². The topological polar surface area (TPSA) is 46.6 Å². The molecule has 3 rings (SSSR count). The monoisotopic (exact) mass is 371 g/mol. The summed E-state index contributed by atoms with van der Waals surface area (Å²) in [6.45, 7) is 3.10. The molecular formula is C21H22ClNO3. The summed E-state index contributed by atoms with van der Waals surface area (Å²) in [4.78, 5) is 26.9.